The number of carbonyl (C=O) groups is 2. The molecule has 1 fully saturated rings. The van der Waals surface area contributed by atoms with Gasteiger partial charge >= 0.3 is 6.18 Å². The molecule has 3 rings (SSSR count). The fourth-order valence-corrected chi connectivity index (χ4v) is 3.43. The minimum absolute atomic E-state index is 0.105. The number of nitrogens with zero attached hydrogens (tertiary/aromatic N) is 3. The van der Waals surface area contributed by atoms with E-state index in [4.69, 9.17) is 0 Å². The van der Waals surface area contributed by atoms with Crippen LogP contribution in [0.15, 0.2) is 47.4 Å². The van der Waals surface area contributed by atoms with Gasteiger partial charge in [0.05, 0.1) is 11.4 Å². The quantitative estimate of drug-likeness (QED) is 0.752. The molecule has 1 N–H and O–H groups in total. The standard InChI is InChI=1S/C20H21F3N4O3/c1-13-17(19(30)27(25(13)2)14-7-4-3-5-8-14)24-18(29)15-9-6-11-26(15)12-10-16(28)20(21,22)23/h3-5,7-8,10,12,15H,6,9,11H2,1-2H3,(H,24,29). The van der Waals surface area contributed by atoms with Crippen LogP contribution in [0.25, 0.3) is 5.69 Å². The maximum atomic E-state index is 12.9. The van der Waals surface area contributed by atoms with E-state index < -0.39 is 29.5 Å². The Balaban J connectivity index is 1.82. The Hall–Kier alpha value is -3.30. The predicted octanol–water partition coefficient (Wildman–Crippen LogP) is 2.53. The monoisotopic (exact) mass is 422 g/mol. The second-order valence-electron chi connectivity index (χ2n) is 7.00. The van der Waals surface area contributed by atoms with Gasteiger partial charge in [0.25, 0.3) is 11.3 Å². The lowest BCUT2D eigenvalue weighted by atomic mass is 10.2. The average molecular weight is 422 g/mol. The van der Waals surface area contributed by atoms with E-state index in [9.17, 15) is 27.6 Å². The van der Waals surface area contributed by atoms with Crippen molar-refractivity contribution >= 4 is 17.4 Å². The van der Waals surface area contributed by atoms with Gasteiger partial charge in [-0.15, -0.1) is 0 Å². The Kier molecular flexibility index (Phi) is 5.86. The SMILES string of the molecule is Cc1c(NC(=O)C2CCCN2C=CC(=O)C(F)(F)F)c(=O)n(-c2ccccc2)n1C. The first-order valence-corrected chi connectivity index (χ1v) is 9.31. The topological polar surface area (TPSA) is 76.3 Å². The van der Waals surface area contributed by atoms with Crippen LogP contribution in [-0.2, 0) is 16.6 Å². The van der Waals surface area contributed by atoms with Crippen LogP contribution in [0, 0.1) is 6.92 Å². The number of alkyl halides is 3. The van der Waals surface area contributed by atoms with E-state index in [0.29, 0.717) is 36.8 Å². The molecule has 2 heterocycles. The molecule has 1 aliphatic heterocycles. The Morgan fingerprint density at radius 3 is 2.50 bits per heavy atom. The molecule has 1 aromatic heterocycles. The lowest BCUT2D eigenvalue weighted by Gasteiger charge is -2.21. The first-order chi connectivity index (χ1) is 14.1. The van der Waals surface area contributed by atoms with Crippen LogP contribution in [0.3, 0.4) is 0 Å². The summed E-state index contributed by atoms with van der Waals surface area (Å²) in [5, 5.41) is 2.62. The van der Waals surface area contributed by atoms with E-state index in [1.54, 1.807) is 42.9 Å². The molecule has 160 valence electrons. The van der Waals surface area contributed by atoms with E-state index in [2.05, 4.69) is 5.32 Å². The number of carbonyl (C=O) groups excluding carboxylic acids is 2. The van der Waals surface area contributed by atoms with Crippen LogP contribution in [0.1, 0.15) is 18.5 Å². The second kappa shape index (κ2) is 8.21. The number of aromatic nitrogens is 2. The van der Waals surface area contributed by atoms with Gasteiger partial charge in [0, 0.05) is 25.9 Å². The van der Waals surface area contributed by atoms with Crippen LogP contribution in [-0.4, -0.2) is 44.7 Å². The fourth-order valence-electron chi connectivity index (χ4n) is 3.43. The Morgan fingerprint density at radius 2 is 1.87 bits per heavy atom. The number of para-hydroxylation sites is 1. The van der Waals surface area contributed by atoms with Gasteiger partial charge < -0.3 is 10.2 Å². The fraction of sp³-hybridized carbons (Fsp3) is 0.350. The zero-order valence-corrected chi connectivity index (χ0v) is 16.4. The van der Waals surface area contributed by atoms with Crippen molar-refractivity contribution < 1.29 is 22.8 Å². The first-order valence-electron chi connectivity index (χ1n) is 9.31. The number of allylic oxidation sites excluding steroid dienone is 1. The van der Waals surface area contributed by atoms with E-state index in [1.165, 1.54) is 9.58 Å². The third-order valence-corrected chi connectivity index (χ3v) is 5.10. The molecule has 0 aliphatic carbocycles. The molecule has 1 amide bonds. The van der Waals surface area contributed by atoms with Gasteiger partial charge in [0.15, 0.2) is 0 Å². The van der Waals surface area contributed by atoms with Gasteiger partial charge in [0.2, 0.25) is 5.91 Å². The number of hydrogen-bond donors (Lipinski definition) is 1. The average Bonchev–Trinajstić information content (AvgIpc) is 3.25. The molecule has 10 heteroatoms. The highest BCUT2D eigenvalue weighted by atomic mass is 19.4. The number of halogens is 3. The maximum Gasteiger partial charge on any atom is 0.454 e. The summed E-state index contributed by atoms with van der Waals surface area (Å²) in [5.74, 6) is -2.50. The van der Waals surface area contributed by atoms with Crippen molar-refractivity contribution in [2.45, 2.75) is 32.0 Å². The Morgan fingerprint density at radius 1 is 1.20 bits per heavy atom. The largest absolute Gasteiger partial charge is 0.454 e. The second-order valence-corrected chi connectivity index (χ2v) is 7.00. The van der Waals surface area contributed by atoms with Crippen molar-refractivity contribution in [1.82, 2.24) is 14.3 Å². The highest BCUT2D eigenvalue weighted by molar-refractivity contribution is 5.96. The van der Waals surface area contributed by atoms with E-state index in [1.807, 2.05) is 6.07 Å². The summed E-state index contributed by atoms with van der Waals surface area (Å²) < 4.78 is 40.2. The molecule has 1 aromatic carbocycles. The van der Waals surface area contributed by atoms with Gasteiger partial charge in [-0.3, -0.25) is 19.1 Å². The highest BCUT2D eigenvalue weighted by Gasteiger charge is 2.37. The summed E-state index contributed by atoms with van der Waals surface area (Å²) >= 11 is 0. The summed E-state index contributed by atoms with van der Waals surface area (Å²) in [6.07, 6.45) is -2.58. The molecule has 1 saturated heterocycles. The first kappa shape index (κ1) is 21.4. The summed E-state index contributed by atoms with van der Waals surface area (Å²) in [6.45, 7) is 2.02. The molecule has 0 bridgehead atoms. The number of ketones is 1. The number of anilines is 1. The lowest BCUT2D eigenvalue weighted by molar-refractivity contribution is -0.165. The number of nitrogens with one attached hydrogen (secondary N) is 1. The molecule has 1 atom stereocenters. The van der Waals surface area contributed by atoms with Crippen molar-refractivity contribution in [2.24, 2.45) is 7.05 Å². The normalized spacial score (nSPS) is 17.0. The van der Waals surface area contributed by atoms with E-state index in [-0.39, 0.29) is 5.69 Å². The number of likely N-dealkylation sites (tertiary alicyclic amines) is 1. The molecular formula is C20H21F3N4O3. The zero-order chi connectivity index (χ0) is 22.1. The highest BCUT2D eigenvalue weighted by Crippen LogP contribution is 2.22. The van der Waals surface area contributed by atoms with Crippen molar-refractivity contribution in [3.63, 3.8) is 0 Å². The minimum atomic E-state index is -4.96. The molecule has 0 saturated carbocycles. The predicted molar refractivity (Wildman–Crippen MR) is 104 cm³/mol. The van der Waals surface area contributed by atoms with Crippen LogP contribution >= 0.6 is 0 Å². The molecule has 0 radical (unpaired) electrons. The van der Waals surface area contributed by atoms with Gasteiger partial charge in [-0.25, -0.2) is 4.68 Å². The third-order valence-electron chi connectivity index (χ3n) is 5.10. The Labute approximate surface area is 170 Å². The number of amides is 1. The number of rotatable bonds is 5. The minimum Gasteiger partial charge on any atom is -0.365 e. The number of hydrogen-bond acceptors (Lipinski definition) is 4. The Bertz CT molecular complexity index is 1040. The van der Waals surface area contributed by atoms with Crippen molar-refractivity contribution in [3.8, 4) is 5.69 Å². The summed E-state index contributed by atoms with van der Waals surface area (Å²) in [5.41, 5.74) is 0.852. The van der Waals surface area contributed by atoms with Gasteiger partial charge in [0.1, 0.15) is 11.7 Å². The van der Waals surface area contributed by atoms with Crippen molar-refractivity contribution in [3.05, 3.63) is 58.7 Å². The molecule has 30 heavy (non-hydrogen) atoms. The summed E-state index contributed by atoms with van der Waals surface area (Å²) in [6, 6.07) is 8.13. The van der Waals surface area contributed by atoms with Crippen LogP contribution in [0.4, 0.5) is 18.9 Å². The summed E-state index contributed by atoms with van der Waals surface area (Å²) in [4.78, 5) is 38.1. The zero-order valence-electron chi connectivity index (χ0n) is 16.4. The third kappa shape index (κ3) is 4.17. The van der Waals surface area contributed by atoms with Crippen LogP contribution in [0.2, 0.25) is 0 Å². The molecule has 7 nitrogen and oxygen atoms in total. The maximum absolute atomic E-state index is 12.9. The molecule has 1 aliphatic rings. The van der Waals surface area contributed by atoms with E-state index in [0.717, 1.165) is 6.20 Å². The molecular weight excluding hydrogens is 401 g/mol. The van der Waals surface area contributed by atoms with Gasteiger partial charge in [-0.2, -0.15) is 13.2 Å². The van der Waals surface area contributed by atoms with Crippen LogP contribution < -0.4 is 10.9 Å². The van der Waals surface area contributed by atoms with Gasteiger partial charge in [-0.05, 0) is 31.9 Å². The smallest absolute Gasteiger partial charge is 0.365 e. The van der Waals surface area contributed by atoms with Crippen LogP contribution in [0.5, 0.6) is 0 Å². The van der Waals surface area contributed by atoms with E-state index >= 15 is 0 Å². The number of benzene rings is 1. The molecule has 1 unspecified atom stereocenters. The van der Waals surface area contributed by atoms with Crippen molar-refractivity contribution in [1.29, 1.82) is 0 Å². The van der Waals surface area contributed by atoms with Crippen molar-refractivity contribution in [2.75, 3.05) is 11.9 Å². The molecule has 0 spiro atoms. The summed E-state index contributed by atoms with van der Waals surface area (Å²) in [7, 11) is 1.69. The lowest BCUT2D eigenvalue weighted by Crippen LogP contribution is -2.38. The van der Waals surface area contributed by atoms with Gasteiger partial charge in [-0.1, -0.05) is 18.2 Å². The molecule has 2 aromatic rings.